The Labute approximate surface area is 182 Å². The molecule has 8 nitrogen and oxygen atoms in total. The fourth-order valence-electron chi connectivity index (χ4n) is 3.39. The maximum absolute atomic E-state index is 12.9. The number of hydrogen-bond donors (Lipinski definition) is 1. The highest BCUT2D eigenvalue weighted by Gasteiger charge is 2.51. The van der Waals surface area contributed by atoms with Gasteiger partial charge in [0, 0.05) is 24.4 Å². The van der Waals surface area contributed by atoms with Gasteiger partial charge in [0.2, 0.25) is 0 Å². The van der Waals surface area contributed by atoms with Gasteiger partial charge in [-0.2, -0.15) is 0 Å². The van der Waals surface area contributed by atoms with E-state index in [0.717, 1.165) is 18.6 Å². The first-order valence-corrected chi connectivity index (χ1v) is 11.9. The number of aryl methyl sites for hydroxylation is 1. The lowest BCUT2D eigenvalue weighted by Gasteiger charge is -2.32. The average Bonchev–Trinajstić information content (AvgIpc) is 2.87. The van der Waals surface area contributed by atoms with E-state index in [2.05, 4.69) is 0 Å². The predicted octanol–water partition coefficient (Wildman–Crippen LogP) is 1.58. The van der Waals surface area contributed by atoms with Crippen molar-refractivity contribution in [3.63, 3.8) is 0 Å². The van der Waals surface area contributed by atoms with Gasteiger partial charge >= 0.3 is 13.1 Å². The number of carboxylic acids is 1. The highest BCUT2D eigenvalue weighted by molar-refractivity contribution is 7.92. The Kier molecular flexibility index (Phi) is 5.65. The first-order valence-electron chi connectivity index (χ1n) is 10.0. The summed E-state index contributed by atoms with van der Waals surface area (Å²) in [6.45, 7) is 8.99. The van der Waals surface area contributed by atoms with Crippen LogP contribution in [0.25, 0.3) is 10.8 Å². The van der Waals surface area contributed by atoms with Crippen LogP contribution in [-0.2, 0) is 30.5 Å². The molecule has 1 aromatic heterocycles. The third-order valence-corrected chi connectivity index (χ3v) is 8.64. The summed E-state index contributed by atoms with van der Waals surface area (Å²) in [7, 11) is -4.42. The Morgan fingerprint density at radius 2 is 1.74 bits per heavy atom. The first kappa shape index (κ1) is 23.5. The second-order valence-electron chi connectivity index (χ2n) is 9.31. The summed E-state index contributed by atoms with van der Waals surface area (Å²) in [6.07, 6.45) is 2.21. The molecule has 0 bridgehead atoms. The molecule has 31 heavy (non-hydrogen) atoms. The molecule has 1 fully saturated rings. The van der Waals surface area contributed by atoms with Crippen molar-refractivity contribution in [2.24, 2.45) is 0 Å². The van der Waals surface area contributed by atoms with Crippen LogP contribution in [0.4, 0.5) is 0 Å². The van der Waals surface area contributed by atoms with Gasteiger partial charge in [0.15, 0.2) is 14.6 Å². The summed E-state index contributed by atoms with van der Waals surface area (Å²) in [5, 5.41) is 10.5. The van der Waals surface area contributed by atoms with Gasteiger partial charge in [-0.05, 0) is 64.0 Å². The largest absolute Gasteiger partial charge is 0.494 e. The van der Waals surface area contributed by atoms with Crippen molar-refractivity contribution in [2.45, 2.75) is 63.5 Å². The Morgan fingerprint density at radius 3 is 2.26 bits per heavy atom. The molecule has 1 saturated heterocycles. The number of carbonyl (C=O) groups is 1. The van der Waals surface area contributed by atoms with Crippen molar-refractivity contribution in [3.8, 4) is 0 Å². The van der Waals surface area contributed by atoms with E-state index in [1.807, 2.05) is 33.8 Å². The summed E-state index contributed by atoms with van der Waals surface area (Å²) in [5.41, 5.74) is -0.489. The Hall–Kier alpha value is -2.17. The average molecular weight is 449 g/mol. The van der Waals surface area contributed by atoms with Crippen molar-refractivity contribution in [1.29, 1.82) is 0 Å². The lowest BCUT2D eigenvalue weighted by atomic mass is 9.78. The van der Waals surface area contributed by atoms with Crippen molar-refractivity contribution >= 4 is 39.2 Å². The zero-order valence-electron chi connectivity index (χ0n) is 18.6. The lowest BCUT2D eigenvalue weighted by molar-refractivity contribution is -0.139. The number of sulfone groups is 1. The molecule has 2 heterocycles. The monoisotopic (exact) mass is 449 g/mol. The lowest BCUT2D eigenvalue weighted by Crippen LogP contribution is -2.44. The van der Waals surface area contributed by atoms with Crippen LogP contribution in [0.3, 0.4) is 0 Å². The molecule has 2 aromatic rings. The number of carboxylic acid groups (broad SMARTS) is 1. The van der Waals surface area contributed by atoms with Crippen LogP contribution in [0.5, 0.6) is 0 Å². The van der Waals surface area contributed by atoms with Gasteiger partial charge in [0.05, 0.1) is 11.2 Å². The summed E-state index contributed by atoms with van der Waals surface area (Å²) in [4.78, 5) is 24.5. The third kappa shape index (κ3) is 4.04. The van der Waals surface area contributed by atoms with Crippen LogP contribution < -0.4 is 11.0 Å². The smallest absolute Gasteiger partial charge is 0.480 e. The summed E-state index contributed by atoms with van der Waals surface area (Å²) >= 11 is 0. The molecule has 1 N–H and O–H groups in total. The molecule has 0 saturated carbocycles. The molecule has 1 unspecified atom stereocenters. The Balaban J connectivity index is 1.90. The number of aliphatic carboxylic acids is 1. The zero-order valence-corrected chi connectivity index (χ0v) is 19.4. The number of fused-ring (bicyclic) bond motifs is 1. The highest BCUT2D eigenvalue weighted by atomic mass is 32.2. The summed E-state index contributed by atoms with van der Waals surface area (Å²) in [5.74, 6) is -1.43. The van der Waals surface area contributed by atoms with E-state index in [9.17, 15) is 23.1 Å². The predicted molar refractivity (Wildman–Crippen MR) is 119 cm³/mol. The molecule has 0 amide bonds. The molecular weight excluding hydrogens is 421 g/mol. The van der Waals surface area contributed by atoms with Crippen LogP contribution in [0.2, 0.25) is 0 Å². The molecule has 1 aromatic carbocycles. The molecule has 1 aliphatic heterocycles. The van der Waals surface area contributed by atoms with E-state index in [1.165, 1.54) is 4.57 Å². The van der Waals surface area contributed by atoms with Crippen LogP contribution in [0, 0.1) is 0 Å². The SMILES string of the molecule is CC1(C)OB(c2ccc3c(=O)n(CCC(C)(C(=O)O)S(C)(=O)=O)ccc3c2)OC1(C)C. The maximum Gasteiger partial charge on any atom is 0.494 e. The molecule has 168 valence electrons. The third-order valence-electron chi connectivity index (χ3n) is 6.63. The number of aromatic nitrogens is 1. The minimum atomic E-state index is -3.87. The molecule has 0 aliphatic carbocycles. The van der Waals surface area contributed by atoms with Crippen molar-refractivity contribution in [2.75, 3.05) is 6.26 Å². The second-order valence-corrected chi connectivity index (χ2v) is 11.8. The van der Waals surface area contributed by atoms with E-state index in [1.54, 1.807) is 24.4 Å². The first-order chi connectivity index (χ1) is 14.1. The quantitative estimate of drug-likeness (QED) is 0.667. The number of nitrogens with zero attached hydrogens (tertiary/aromatic N) is 1. The number of pyridine rings is 1. The Morgan fingerprint density at radius 1 is 1.16 bits per heavy atom. The van der Waals surface area contributed by atoms with E-state index in [4.69, 9.17) is 9.31 Å². The molecule has 10 heteroatoms. The van der Waals surface area contributed by atoms with E-state index < -0.39 is 38.9 Å². The number of benzene rings is 1. The van der Waals surface area contributed by atoms with Gasteiger partial charge in [-0.25, -0.2) is 8.42 Å². The summed E-state index contributed by atoms with van der Waals surface area (Å²) in [6, 6.07) is 7.03. The van der Waals surface area contributed by atoms with Crippen molar-refractivity contribution in [1.82, 2.24) is 4.57 Å². The second kappa shape index (κ2) is 7.46. The van der Waals surface area contributed by atoms with Crippen molar-refractivity contribution in [3.05, 3.63) is 40.8 Å². The Bertz CT molecular complexity index is 1190. The fourth-order valence-corrected chi connectivity index (χ4v) is 4.17. The molecule has 3 rings (SSSR count). The van der Waals surface area contributed by atoms with Crippen LogP contribution in [0.15, 0.2) is 35.3 Å². The molecule has 1 atom stereocenters. The van der Waals surface area contributed by atoms with Gasteiger partial charge < -0.3 is 19.0 Å². The van der Waals surface area contributed by atoms with Gasteiger partial charge in [0.25, 0.3) is 5.56 Å². The van der Waals surface area contributed by atoms with Gasteiger partial charge in [-0.1, -0.05) is 12.1 Å². The fraction of sp³-hybridized carbons (Fsp3) is 0.524. The maximum atomic E-state index is 12.9. The van der Waals surface area contributed by atoms with Crippen LogP contribution in [-0.4, -0.2) is 53.4 Å². The topological polar surface area (TPSA) is 112 Å². The van der Waals surface area contributed by atoms with E-state index in [-0.39, 0.29) is 18.5 Å². The summed E-state index contributed by atoms with van der Waals surface area (Å²) < 4.78 is 35.4. The van der Waals surface area contributed by atoms with Gasteiger partial charge in [-0.3, -0.25) is 9.59 Å². The van der Waals surface area contributed by atoms with Crippen LogP contribution in [0.1, 0.15) is 41.0 Å². The molecule has 0 spiro atoms. The molecule has 0 radical (unpaired) electrons. The zero-order chi connectivity index (χ0) is 23.4. The molecule has 1 aliphatic rings. The highest BCUT2D eigenvalue weighted by Crippen LogP contribution is 2.36. The number of rotatable bonds is 6. The van der Waals surface area contributed by atoms with E-state index >= 15 is 0 Å². The standard InChI is InChI=1S/C21H28BNO7S/c1-19(2)20(3,4)30-22(29-19)15-7-8-16-14(13-15)9-11-23(17(16)24)12-10-21(5,18(25)26)31(6,27)28/h7-9,11,13H,10,12H2,1-6H3,(H,25,26). The minimum Gasteiger partial charge on any atom is -0.480 e. The van der Waals surface area contributed by atoms with Crippen LogP contribution >= 0.6 is 0 Å². The normalized spacial score (nSPS) is 20.0. The van der Waals surface area contributed by atoms with Gasteiger partial charge in [-0.15, -0.1) is 0 Å². The number of hydrogen-bond acceptors (Lipinski definition) is 6. The van der Waals surface area contributed by atoms with Gasteiger partial charge in [0.1, 0.15) is 0 Å². The van der Waals surface area contributed by atoms with Crippen molar-refractivity contribution < 1.29 is 27.6 Å². The molecular formula is C21H28BNO7S. The van der Waals surface area contributed by atoms with E-state index in [0.29, 0.717) is 10.8 Å². The minimum absolute atomic E-state index is 0.0381.